The first-order valence-corrected chi connectivity index (χ1v) is 7.57. The van der Waals surface area contributed by atoms with Crippen LogP contribution in [0.5, 0.6) is 0 Å². The van der Waals surface area contributed by atoms with Crippen molar-refractivity contribution in [1.82, 2.24) is 0 Å². The molecule has 1 aromatic carbocycles. The first-order chi connectivity index (χ1) is 8.02. The van der Waals surface area contributed by atoms with Crippen LogP contribution in [-0.4, -0.2) is 37.2 Å². The van der Waals surface area contributed by atoms with E-state index in [-0.39, 0.29) is 11.5 Å². The molecule has 1 aromatic rings. The molecule has 1 aliphatic heterocycles. The van der Waals surface area contributed by atoms with Crippen LogP contribution in [0.15, 0.2) is 24.3 Å². The van der Waals surface area contributed by atoms with Gasteiger partial charge in [0.2, 0.25) is 0 Å². The number of aliphatic hydroxyl groups excluding tert-OH is 1. The Hall–Kier alpha value is -1.07. The number of hydrogen-bond acceptors (Lipinski definition) is 4. The minimum absolute atomic E-state index is 0.00617. The molecule has 1 fully saturated rings. The Morgan fingerprint density at radius 1 is 1.35 bits per heavy atom. The Morgan fingerprint density at radius 2 is 2.06 bits per heavy atom. The summed E-state index contributed by atoms with van der Waals surface area (Å²) >= 11 is 0. The van der Waals surface area contributed by atoms with Gasteiger partial charge in [0.15, 0.2) is 9.84 Å². The summed E-state index contributed by atoms with van der Waals surface area (Å²) in [5, 5.41) is 12.8. The third-order valence-corrected chi connectivity index (χ3v) is 4.78. The van der Waals surface area contributed by atoms with Gasteiger partial charge in [0.05, 0.1) is 23.7 Å². The monoisotopic (exact) mass is 255 g/mol. The molecule has 17 heavy (non-hydrogen) atoms. The number of hydrogen-bond donors (Lipinski definition) is 2. The standard InChI is InChI=1S/C12H17NO3S/c1-2-9-5-3-4-6-10(9)13-11-7-17(15,16)8-12(11)14/h3-6,11-14H,2,7-8H2,1H3/t11-,12+/m1/s1. The number of aliphatic hydroxyl groups is 1. The van der Waals surface area contributed by atoms with Crippen LogP contribution in [0.3, 0.4) is 0 Å². The van der Waals surface area contributed by atoms with Crippen LogP contribution in [-0.2, 0) is 16.3 Å². The van der Waals surface area contributed by atoms with Crippen molar-refractivity contribution < 1.29 is 13.5 Å². The third kappa shape index (κ3) is 2.79. The van der Waals surface area contributed by atoms with E-state index < -0.39 is 22.0 Å². The zero-order valence-corrected chi connectivity index (χ0v) is 10.6. The first-order valence-electron chi connectivity index (χ1n) is 5.75. The molecule has 0 aliphatic carbocycles. The summed E-state index contributed by atoms with van der Waals surface area (Å²) < 4.78 is 22.8. The molecule has 0 spiro atoms. The Kier molecular flexibility index (Phi) is 3.40. The van der Waals surface area contributed by atoms with Gasteiger partial charge in [0.1, 0.15) is 0 Å². The smallest absolute Gasteiger partial charge is 0.155 e. The molecule has 1 aliphatic rings. The Balaban J connectivity index is 2.16. The topological polar surface area (TPSA) is 66.4 Å². The summed E-state index contributed by atoms with van der Waals surface area (Å²) in [5.41, 5.74) is 2.04. The number of anilines is 1. The average Bonchev–Trinajstić information content (AvgIpc) is 2.52. The van der Waals surface area contributed by atoms with Crippen LogP contribution in [0.2, 0.25) is 0 Å². The van der Waals surface area contributed by atoms with Crippen molar-refractivity contribution in [2.75, 3.05) is 16.8 Å². The highest BCUT2D eigenvalue weighted by Gasteiger charge is 2.36. The lowest BCUT2D eigenvalue weighted by molar-refractivity contribution is 0.190. The molecule has 0 saturated carbocycles. The van der Waals surface area contributed by atoms with Crippen LogP contribution in [0, 0.1) is 0 Å². The molecule has 0 aromatic heterocycles. The predicted molar refractivity (Wildman–Crippen MR) is 67.9 cm³/mol. The van der Waals surface area contributed by atoms with Crippen LogP contribution in [0.1, 0.15) is 12.5 Å². The van der Waals surface area contributed by atoms with Gasteiger partial charge in [-0.2, -0.15) is 0 Å². The molecule has 1 heterocycles. The summed E-state index contributed by atoms with van der Waals surface area (Å²) in [4.78, 5) is 0. The van der Waals surface area contributed by atoms with Crippen LogP contribution in [0.25, 0.3) is 0 Å². The highest BCUT2D eigenvalue weighted by Crippen LogP contribution is 2.21. The maximum absolute atomic E-state index is 11.4. The lowest BCUT2D eigenvalue weighted by atomic mass is 10.1. The fourth-order valence-electron chi connectivity index (χ4n) is 2.14. The molecular weight excluding hydrogens is 238 g/mol. The minimum atomic E-state index is -3.10. The highest BCUT2D eigenvalue weighted by molar-refractivity contribution is 7.91. The second kappa shape index (κ2) is 4.66. The maximum atomic E-state index is 11.4. The van der Waals surface area contributed by atoms with E-state index in [0.29, 0.717) is 0 Å². The first kappa shape index (κ1) is 12.4. The van der Waals surface area contributed by atoms with Gasteiger partial charge in [-0.25, -0.2) is 8.42 Å². The minimum Gasteiger partial charge on any atom is -0.390 e. The van der Waals surface area contributed by atoms with Gasteiger partial charge in [0.25, 0.3) is 0 Å². The van der Waals surface area contributed by atoms with E-state index in [0.717, 1.165) is 17.7 Å². The van der Waals surface area contributed by atoms with Gasteiger partial charge in [-0.15, -0.1) is 0 Å². The Bertz CT molecular complexity index is 498. The normalized spacial score (nSPS) is 26.9. The van der Waals surface area contributed by atoms with Gasteiger partial charge in [-0.3, -0.25) is 0 Å². The second-order valence-corrected chi connectivity index (χ2v) is 6.56. The molecule has 5 heteroatoms. The average molecular weight is 255 g/mol. The zero-order chi connectivity index (χ0) is 12.5. The number of rotatable bonds is 3. The van der Waals surface area contributed by atoms with Crippen molar-refractivity contribution in [2.24, 2.45) is 0 Å². The molecular formula is C12H17NO3S. The van der Waals surface area contributed by atoms with Gasteiger partial charge in [0, 0.05) is 5.69 Å². The largest absolute Gasteiger partial charge is 0.390 e. The van der Waals surface area contributed by atoms with E-state index in [9.17, 15) is 13.5 Å². The molecule has 4 nitrogen and oxygen atoms in total. The zero-order valence-electron chi connectivity index (χ0n) is 9.76. The van der Waals surface area contributed by atoms with E-state index in [1.54, 1.807) is 0 Å². The fraction of sp³-hybridized carbons (Fsp3) is 0.500. The van der Waals surface area contributed by atoms with E-state index in [4.69, 9.17) is 0 Å². The van der Waals surface area contributed by atoms with Gasteiger partial charge >= 0.3 is 0 Å². The Morgan fingerprint density at radius 3 is 2.65 bits per heavy atom. The third-order valence-electron chi connectivity index (χ3n) is 3.06. The van der Waals surface area contributed by atoms with Crippen LogP contribution in [0.4, 0.5) is 5.69 Å². The van der Waals surface area contributed by atoms with Crippen LogP contribution < -0.4 is 5.32 Å². The number of para-hydroxylation sites is 1. The van der Waals surface area contributed by atoms with E-state index in [1.165, 1.54) is 0 Å². The predicted octanol–water partition coefficient (Wildman–Crippen LogP) is 0.819. The summed E-state index contributed by atoms with van der Waals surface area (Å²) in [6.07, 6.45) is 0.0589. The summed E-state index contributed by atoms with van der Waals surface area (Å²) in [7, 11) is -3.10. The Labute approximate surface area is 102 Å². The highest BCUT2D eigenvalue weighted by atomic mass is 32.2. The molecule has 1 saturated heterocycles. The number of nitrogens with one attached hydrogen (secondary N) is 1. The van der Waals surface area contributed by atoms with Crippen molar-refractivity contribution in [3.05, 3.63) is 29.8 Å². The van der Waals surface area contributed by atoms with Gasteiger partial charge in [-0.1, -0.05) is 25.1 Å². The lowest BCUT2D eigenvalue weighted by Gasteiger charge is -2.18. The van der Waals surface area contributed by atoms with E-state index >= 15 is 0 Å². The fourth-order valence-corrected chi connectivity index (χ4v) is 3.88. The van der Waals surface area contributed by atoms with E-state index in [1.807, 2.05) is 31.2 Å². The SMILES string of the molecule is CCc1ccccc1N[C@@H]1CS(=O)(=O)C[C@@H]1O. The quantitative estimate of drug-likeness (QED) is 0.839. The molecule has 0 radical (unpaired) electrons. The van der Waals surface area contributed by atoms with Crippen molar-refractivity contribution in [1.29, 1.82) is 0 Å². The van der Waals surface area contributed by atoms with Crippen LogP contribution >= 0.6 is 0 Å². The number of aryl methyl sites for hydroxylation is 1. The molecule has 0 unspecified atom stereocenters. The maximum Gasteiger partial charge on any atom is 0.155 e. The second-order valence-electron chi connectivity index (χ2n) is 4.41. The summed E-state index contributed by atoms with van der Waals surface area (Å²) in [5.74, 6) is -0.134. The number of benzene rings is 1. The molecule has 0 bridgehead atoms. The lowest BCUT2D eigenvalue weighted by Crippen LogP contribution is -2.32. The van der Waals surface area contributed by atoms with Crippen molar-refractivity contribution in [3.63, 3.8) is 0 Å². The summed E-state index contributed by atoms with van der Waals surface area (Å²) in [6, 6.07) is 7.37. The van der Waals surface area contributed by atoms with Gasteiger partial charge in [-0.05, 0) is 18.1 Å². The number of sulfone groups is 1. The van der Waals surface area contributed by atoms with E-state index in [2.05, 4.69) is 5.32 Å². The summed E-state index contributed by atoms with van der Waals surface area (Å²) in [6.45, 7) is 2.04. The molecule has 2 N–H and O–H groups in total. The molecule has 2 rings (SSSR count). The van der Waals surface area contributed by atoms with Gasteiger partial charge < -0.3 is 10.4 Å². The van der Waals surface area contributed by atoms with Crippen molar-refractivity contribution in [3.8, 4) is 0 Å². The molecule has 2 atom stereocenters. The molecule has 0 amide bonds. The van der Waals surface area contributed by atoms with Crippen molar-refractivity contribution in [2.45, 2.75) is 25.5 Å². The van der Waals surface area contributed by atoms with Crippen molar-refractivity contribution >= 4 is 15.5 Å². The molecule has 94 valence electrons.